The summed E-state index contributed by atoms with van der Waals surface area (Å²) in [6.45, 7) is 2.17. The maximum atomic E-state index is 9.14. The van der Waals surface area contributed by atoms with Crippen LogP contribution in [0.25, 0.3) is 0 Å². The minimum atomic E-state index is -0.119. The van der Waals surface area contributed by atoms with Crippen molar-refractivity contribution in [1.29, 1.82) is 0 Å². The van der Waals surface area contributed by atoms with E-state index in [0.29, 0.717) is 24.7 Å². The molecule has 1 atom stereocenters. The Bertz CT molecular complexity index is 397. The first-order chi connectivity index (χ1) is 8.78. The molecule has 100 valence electrons. The molecule has 1 aromatic rings. The van der Waals surface area contributed by atoms with Crippen molar-refractivity contribution in [2.75, 3.05) is 45.4 Å². The molecule has 0 radical (unpaired) electrons. The zero-order chi connectivity index (χ0) is 13.0. The number of ether oxygens (including phenoxy) is 3. The number of methoxy groups -OCH3 is 2. The monoisotopic (exact) mass is 253 g/mol. The molecule has 0 amide bonds. The van der Waals surface area contributed by atoms with E-state index in [1.54, 1.807) is 14.2 Å². The van der Waals surface area contributed by atoms with Gasteiger partial charge in [0.15, 0.2) is 11.5 Å². The molecule has 2 rings (SSSR count). The molecule has 0 saturated carbocycles. The molecule has 0 bridgehead atoms. The van der Waals surface area contributed by atoms with E-state index < -0.39 is 0 Å². The van der Waals surface area contributed by atoms with Crippen LogP contribution in [0, 0.1) is 0 Å². The van der Waals surface area contributed by atoms with Gasteiger partial charge in [-0.1, -0.05) is 0 Å². The van der Waals surface area contributed by atoms with Gasteiger partial charge in [-0.2, -0.15) is 0 Å². The maximum Gasteiger partial charge on any atom is 0.162 e. The molecular weight excluding hydrogens is 234 g/mol. The van der Waals surface area contributed by atoms with Crippen molar-refractivity contribution in [2.24, 2.45) is 0 Å². The Morgan fingerprint density at radius 3 is 2.78 bits per heavy atom. The van der Waals surface area contributed by atoms with Crippen molar-refractivity contribution in [3.63, 3.8) is 0 Å². The summed E-state index contributed by atoms with van der Waals surface area (Å²) < 4.78 is 15.9. The van der Waals surface area contributed by atoms with Crippen LogP contribution in [0.2, 0.25) is 0 Å². The second-order valence-corrected chi connectivity index (χ2v) is 4.16. The average molecular weight is 253 g/mol. The second-order valence-electron chi connectivity index (χ2n) is 4.16. The van der Waals surface area contributed by atoms with Crippen LogP contribution >= 0.6 is 0 Å². The van der Waals surface area contributed by atoms with Crippen LogP contribution in [0.4, 0.5) is 5.69 Å². The SMILES string of the molecule is COc1ccc(N2CCOC(CO)C2)cc1OC. The predicted molar refractivity (Wildman–Crippen MR) is 68.6 cm³/mol. The van der Waals surface area contributed by atoms with Gasteiger partial charge in [0.25, 0.3) is 0 Å². The number of rotatable bonds is 4. The second kappa shape index (κ2) is 5.93. The number of aliphatic hydroxyl groups excluding tert-OH is 1. The van der Waals surface area contributed by atoms with Crippen LogP contribution in [0.3, 0.4) is 0 Å². The highest BCUT2D eigenvalue weighted by atomic mass is 16.5. The highest BCUT2D eigenvalue weighted by molar-refractivity contribution is 5.56. The van der Waals surface area contributed by atoms with Crippen LogP contribution in [-0.2, 0) is 4.74 Å². The van der Waals surface area contributed by atoms with Crippen molar-refractivity contribution in [1.82, 2.24) is 0 Å². The number of nitrogens with zero attached hydrogens (tertiary/aromatic N) is 1. The van der Waals surface area contributed by atoms with Gasteiger partial charge in [-0.3, -0.25) is 0 Å². The zero-order valence-electron chi connectivity index (χ0n) is 10.8. The van der Waals surface area contributed by atoms with E-state index in [9.17, 15) is 0 Å². The summed E-state index contributed by atoms with van der Waals surface area (Å²) in [6.07, 6.45) is -0.119. The van der Waals surface area contributed by atoms with Crippen LogP contribution in [-0.4, -0.2) is 51.7 Å². The number of benzene rings is 1. The lowest BCUT2D eigenvalue weighted by Crippen LogP contribution is -2.44. The Morgan fingerprint density at radius 2 is 2.11 bits per heavy atom. The number of aliphatic hydroxyl groups is 1. The number of anilines is 1. The Morgan fingerprint density at radius 1 is 1.33 bits per heavy atom. The third kappa shape index (κ3) is 2.68. The molecule has 5 heteroatoms. The van der Waals surface area contributed by atoms with Crippen molar-refractivity contribution >= 4 is 5.69 Å². The van der Waals surface area contributed by atoms with Gasteiger partial charge >= 0.3 is 0 Å². The highest BCUT2D eigenvalue weighted by Gasteiger charge is 2.20. The molecule has 0 aromatic heterocycles. The molecule has 1 fully saturated rings. The molecule has 1 saturated heterocycles. The fourth-order valence-electron chi connectivity index (χ4n) is 2.09. The Balaban J connectivity index is 2.17. The number of hydrogen-bond acceptors (Lipinski definition) is 5. The Kier molecular flexibility index (Phi) is 4.28. The minimum Gasteiger partial charge on any atom is -0.493 e. The van der Waals surface area contributed by atoms with Crippen molar-refractivity contribution < 1.29 is 19.3 Å². The summed E-state index contributed by atoms with van der Waals surface area (Å²) in [5, 5.41) is 9.14. The van der Waals surface area contributed by atoms with Gasteiger partial charge < -0.3 is 24.2 Å². The van der Waals surface area contributed by atoms with E-state index in [-0.39, 0.29) is 12.7 Å². The topological polar surface area (TPSA) is 51.2 Å². The normalized spacial score (nSPS) is 19.7. The molecule has 1 aliphatic rings. The smallest absolute Gasteiger partial charge is 0.162 e. The molecule has 1 heterocycles. The van der Waals surface area contributed by atoms with Crippen molar-refractivity contribution in [3.8, 4) is 11.5 Å². The lowest BCUT2D eigenvalue weighted by atomic mass is 10.2. The van der Waals surface area contributed by atoms with E-state index >= 15 is 0 Å². The number of morpholine rings is 1. The quantitative estimate of drug-likeness (QED) is 0.864. The first-order valence-electron chi connectivity index (χ1n) is 5.98. The largest absolute Gasteiger partial charge is 0.493 e. The maximum absolute atomic E-state index is 9.14. The van der Waals surface area contributed by atoms with Gasteiger partial charge in [0.1, 0.15) is 0 Å². The lowest BCUT2D eigenvalue weighted by molar-refractivity contribution is 0.00356. The molecule has 1 aromatic carbocycles. The molecule has 5 nitrogen and oxygen atoms in total. The summed E-state index contributed by atoms with van der Waals surface area (Å²) >= 11 is 0. The van der Waals surface area contributed by atoms with Gasteiger partial charge in [0.05, 0.1) is 33.5 Å². The van der Waals surface area contributed by atoms with Crippen LogP contribution in [0.5, 0.6) is 11.5 Å². The standard InChI is InChI=1S/C13H19NO4/c1-16-12-4-3-10(7-13(12)17-2)14-5-6-18-11(8-14)9-15/h3-4,7,11,15H,5-6,8-9H2,1-2H3. The van der Waals surface area contributed by atoms with E-state index in [1.807, 2.05) is 18.2 Å². The Labute approximate surface area is 107 Å². The summed E-state index contributed by atoms with van der Waals surface area (Å²) in [5.74, 6) is 1.43. The molecule has 1 aliphatic heterocycles. The predicted octanol–water partition coefficient (Wildman–Crippen LogP) is 0.901. The van der Waals surface area contributed by atoms with Crippen molar-refractivity contribution in [3.05, 3.63) is 18.2 Å². The average Bonchev–Trinajstić information content (AvgIpc) is 2.46. The summed E-state index contributed by atoms with van der Waals surface area (Å²) in [5.41, 5.74) is 1.05. The van der Waals surface area contributed by atoms with E-state index in [4.69, 9.17) is 19.3 Å². The first-order valence-corrected chi connectivity index (χ1v) is 5.98. The molecule has 18 heavy (non-hydrogen) atoms. The van der Waals surface area contributed by atoms with Gasteiger partial charge in [0.2, 0.25) is 0 Å². The third-order valence-corrected chi connectivity index (χ3v) is 3.07. The van der Waals surface area contributed by atoms with E-state index in [1.165, 1.54) is 0 Å². The number of hydrogen-bond donors (Lipinski definition) is 1. The van der Waals surface area contributed by atoms with Gasteiger partial charge in [0, 0.05) is 24.8 Å². The van der Waals surface area contributed by atoms with Crippen molar-refractivity contribution in [2.45, 2.75) is 6.10 Å². The minimum absolute atomic E-state index is 0.0454. The molecule has 1 N–H and O–H groups in total. The Hall–Kier alpha value is -1.46. The third-order valence-electron chi connectivity index (χ3n) is 3.07. The van der Waals surface area contributed by atoms with Crippen LogP contribution in [0.15, 0.2) is 18.2 Å². The first kappa shape index (κ1) is 13.0. The fourth-order valence-corrected chi connectivity index (χ4v) is 2.09. The summed E-state index contributed by atoms with van der Waals surface area (Å²) in [4.78, 5) is 2.17. The van der Waals surface area contributed by atoms with Gasteiger partial charge in [-0.05, 0) is 12.1 Å². The summed E-state index contributed by atoms with van der Waals surface area (Å²) in [6, 6.07) is 5.82. The van der Waals surface area contributed by atoms with Gasteiger partial charge in [-0.25, -0.2) is 0 Å². The zero-order valence-corrected chi connectivity index (χ0v) is 10.8. The molecule has 0 aliphatic carbocycles. The molecule has 0 spiro atoms. The lowest BCUT2D eigenvalue weighted by Gasteiger charge is -2.34. The van der Waals surface area contributed by atoms with Crippen LogP contribution < -0.4 is 14.4 Å². The van der Waals surface area contributed by atoms with Gasteiger partial charge in [-0.15, -0.1) is 0 Å². The van der Waals surface area contributed by atoms with Crippen LogP contribution in [0.1, 0.15) is 0 Å². The fraction of sp³-hybridized carbons (Fsp3) is 0.538. The summed E-state index contributed by atoms with van der Waals surface area (Å²) in [7, 11) is 3.24. The molecule has 1 unspecified atom stereocenters. The molecular formula is C13H19NO4. The van der Waals surface area contributed by atoms with E-state index in [0.717, 1.165) is 12.2 Å². The highest BCUT2D eigenvalue weighted by Crippen LogP contribution is 2.32. The van der Waals surface area contributed by atoms with E-state index in [2.05, 4.69) is 4.90 Å².